The lowest BCUT2D eigenvalue weighted by Gasteiger charge is -2.30. The monoisotopic (exact) mass is 467 g/mol. The van der Waals surface area contributed by atoms with Crippen molar-refractivity contribution in [2.45, 2.75) is 18.9 Å². The number of carbonyl (C=O) groups is 1. The van der Waals surface area contributed by atoms with Crippen molar-refractivity contribution in [3.8, 4) is 0 Å². The molecule has 0 aromatic heterocycles. The molecular formula is C13H16Br3N3O. The van der Waals surface area contributed by atoms with Crippen molar-refractivity contribution in [3.63, 3.8) is 0 Å². The molecule has 1 aromatic rings. The van der Waals surface area contributed by atoms with E-state index in [2.05, 4.69) is 58.0 Å². The van der Waals surface area contributed by atoms with E-state index in [9.17, 15) is 4.79 Å². The van der Waals surface area contributed by atoms with E-state index >= 15 is 0 Å². The summed E-state index contributed by atoms with van der Waals surface area (Å²) in [5.41, 5.74) is 6.67. The lowest BCUT2D eigenvalue weighted by Crippen LogP contribution is -2.45. The van der Waals surface area contributed by atoms with Crippen LogP contribution in [0.1, 0.15) is 12.8 Å². The van der Waals surface area contributed by atoms with E-state index < -0.39 is 0 Å². The van der Waals surface area contributed by atoms with Gasteiger partial charge in [-0.1, -0.05) is 15.9 Å². The number of benzene rings is 1. The fourth-order valence-electron chi connectivity index (χ4n) is 2.28. The SMILES string of the molecule is N[C@@H]1CCCN(CC(=O)Nc2c(Br)cc(Br)cc2Br)C1. The van der Waals surface area contributed by atoms with E-state index in [1.807, 2.05) is 12.1 Å². The summed E-state index contributed by atoms with van der Waals surface area (Å²) in [6, 6.07) is 3.98. The second-order valence-corrected chi connectivity index (χ2v) is 7.55. The zero-order chi connectivity index (χ0) is 14.7. The van der Waals surface area contributed by atoms with E-state index in [0.717, 1.165) is 45.0 Å². The van der Waals surface area contributed by atoms with Crippen molar-refractivity contribution in [2.24, 2.45) is 5.73 Å². The number of amides is 1. The number of rotatable bonds is 3. The van der Waals surface area contributed by atoms with Gasteiger partial charge < -0.3 is 11.1 Å². The molecule has 0 spiro atoms. The van der Waals surface area contributed by atoms with Gasteiger partial charge in [0.05, 0.1) is 12.2 Å². The van der Waals surface area contributed by atoms with Gasteiger partial charge in [0.15, 0.2) is 0 Å². The molecule has 1 aliphatic heterocycles. The minimum Gasteiger partial charge on any atom is -0.327 e. The van der Waals surface area contributed by atoms with Gasteiger partial charge in [0, 0.05) is 26.0 Å². The zero-order valence-corrected chi connectivity index (χ0v) is 15.6. The van der Waals surface area contributed by atoms with Crippen molar-refractivity contribution in [3.05, 3.63) is 25.6 Å². The van der Waals surface area contributed by atoms with E-state index in [0.29, 0.717) is 6.54 Å². The number of anilines is 1. The first-order chi connectivity index (χ1) is 9.45. The highest BCUT2D eigenvalue weighted by molar-refractivity contribution is 9.11. The maximum Gasteiger partial charge on any atom is 0.238 e. The van der Waals surface area contributed by atoms with Crippen LogP contribution < -0.4 is 11.1 Å². The molecule has 1 aliphatic rings. The standard InChI is InChI=1S/C13H16Br3N3O/c14-8-4-10(15)13(11(16)5-8)18-12(20)7-19-3-1-2-9(17)6-19/h4-5,9H,1-3,6-7,17H2,(H,18,20)/t9-/m1/s1. The molecule has 4 nitrogen and oxygen atoms in total. The van der Waals surface area contributed by atoms with Crippen LogP contribution in [-0.2, 0) is 4.79 Å². The van der Waals surface area contributed by atoms with E-state index in [1.54, 1.807) is 0 Å². The Bertz CT molecular complexity index is 487. The Hall–Kier alpha value is 0.0500. The first-order valence-electron chi connectivity index (χ1n) is 6.38. The van der Waals surface area contributed by atoms with Crippen LogP contribution in [0, 0.1) is 0 Å². The van der Waals surface area contributed by atoms with Gasteiger partial charge in [-0.3, -0.25) is 9.69 Å². The van der Waals surface area contributed by atoms with Crippen LogP contribution in [0.2, 0.25) is 0 Å². The Morgan fingerprint density at radius 3 is 2.60 bits per heavy atom. The lowest BCUT2D eigenvalue weighted by molar-refractivity contribution is -0.117. The topological polar surface area (TPSA) is 58.4 Å². The normalized spacial score (nSPS) is 19.9. The van der Waals surface area contributed by atoms with Gasteiger partial charge in [-0.15, -0.1) is 0 Å². The summed E-state index contributed by atoms with van der Waals surface area (Å²) < 4.78 is 2.61. The van der Waals surface area contributed by atoms with Crippen LogP contribution in [0.4, 0.5) is 5.69 Å². The first-order valence-corrected chi connectivity index (χ1v) is 8.76. The summed E-state index contributed by atoms with van der Waals surface area (Å²) >= 11 is 10.3. The molecule has 0 unspecified atom stereocenters. The molecule has 0 bridgehead atoms. The van der Waals surface area contributed by atoms with Gasteiger partial charge in [0.25, 0.3) is 0 Å². The summed E-state index contributed by atoms with van der Waals surface area (Å²) in [5.74, 6) is -0.0252. The highest BCUT2D eigenvalue weighted by Crippen LogP contribution is 2.34. The largest absolute Gasteiger partial charge is 0.327 e. The number of carbonyl (C=O) groups excluding carboxylic acids is 1. The molecule has 110 valence electrons. The van der Waals surface area contributed by atoms with Crippen LogP contribution in [0.15, 0.2) is 25.6 Å². The maximum absolute atomic E-state index is 12.1. The molecule has 1 aromatic carbocycles. The van der Waals surface area contributed by atoms with Crippen molar-refractivity contribution in [1.82, 2.24) is 4.90 Å². The van der Waals surface area contributed by atoms with Crippen molar-refractivity contribution in [2.75, 3.05) is 25.0 Å². The molecule has 3 N–H and O–H groups in total. The van der Waals surface area contributed by atoms with Gasteiger partial charge in [-0.25, -0.2) is 0 Å². The molecule has 2 rings (SSSR count). The van der Waals surface area contributed by atoms with Crippen LogP contribution in [0.25, 0.3) is 0 Å². The van der Waals surface area contributed by atoms with Gasteiger partial charge >= 0.3 is 0 Å². The summed E-state index contributed by atoms with van der Waals surface area (Å²) in [5, 5.41) is 2.93. The number of nitrogens with one attached hydrogen (secondary N) is 1. The number of nitrogens with zero attached hydrogens (tertiary/aromatic N) is 1. The minimum atomic E-state index is -0.0252. The summed E-state index contributed by atoms with van der Waals surface area (Å²) in [6.45, 7) is 2.10. The Kier molecular flexibility index (Phi) is 6.04. The number of piperidine rings is 1. The third-order valence-electron chi connectivity index (χ3n) is 3.18. The second-order valence-electron chi connectivity index (χ2n) is 4.93. The number of hydrogen-bond donors (Lipinski definition) is 2. The van der Waals surface area contributed by atoms with Crippen LogP contribution in [0.3, 0.4) is 0 Å². The van der Waals surface area contributed by atoms with Gasteiger partial charge in [-0.05, 0) is 63.4 Å². The predicted molar refractivity (Wildman–Crippen MR) is 91.8 cm³/mol. The molecule has 0 radical (unpaired) electrons. The number of halogens is 3. The van der Waals surface area contributed by atoms with Crippen molar-refractivity contribution >= 4 is 59.4 Å². The van der Waals surface area contributed by atoms with Crippen LogP contribution in [0.5, 0.6) is 0 Å². The molecule has 0 aliphatic carbocycles. The van der Waals surface area contributed by atoms with Crippen LogP contribution in [-0.4, -0.2) is 36.5 Å². The molecule has 1 heterocycles. The average Bonchev–Trinajstić information content (AvgIpc) is 2.33. The molecular weight excluding hydrogens is 454 g/mol. The van der Waals surface area contributed by atoms with Crippen molar-refractivity contribution < 1.29 is 4.79 Å². The van der Waals surface area contributed by atoms with Crippen LogP contribution >= 0.6 is 47.8 Å². The third-order valence-corrected chi connectivity index (χ3v) is 4.89. The molecule has 20 heavy (non-hydrogen) atoms. The van der Waals surface area contributed by atoms with Crippen molar-refractivity contribution in [1.29, 1.82) is 0 Å². The van der Waals surface area contributed by atoms with Gasteiger partial charge in [0.2, 0.25) is 5.91 Å². The van der Waals surface area contributed by atoms with Gasteiger partial charge in [0.1, 0.15) is 0 Å². The predicted octanol–water partition coefficient (Wildman–Crippen LogP) is 3.34. The number of likely N-dealkylation sites (tertiary alicyclic amines) is 1. The van der Waals surface area contributed by atoms with E-state index in [-0.39, 0.29) is 11.9 Å². The summed E-state index contributed by atoms with van der Waals surface area (Å²) in [4.78, 5) is 14.2. The lowest BCUT2D eigenvalue weighted by atomic mass is 10.1. The van der Waals surface area contributed by atoms with E-state index in [4.69, 9.17) is 5.73 Å². The Morgan fingerprint density at radius 1 is 1.35 bits per heavy atom. The molecule has 1 saturated heterocycles. The fourth-order valence-corrected chi connectivity index (χ4v) is 4.74. The summed E-state index contributed by atoms with van der Waals surface area (Å²) in [6.07, 6.45) is 2.10. The molecule has 1 fully saturated rings. The first kappa shape index (κ1) is 16.4. The smallest absolute Gasteiger partial charge is 0.238 e. The fraction of sp³-hybridized carbons (Fsp3) is 0.462. The van der Waals surface area contributed by atoms with Gasteiger partial charge in [-0.2, -0.15) is 0 Å². The average molecular weight is 470 g/mol. The Morgan fingerprint density at radius 2 is 2.00 bits per heavy atom. The number of hydrogen-bond acceptors (Lipinski definition) is 3. The molecule has 0 saturated carbocycles. The Balaban J connectivity index is 1.98. The third kappa shape index (κ3) is 4.53. The molecule has 1 atom stereocenters. The highest BCUT2D eigenvalue weighted by Gasteiger charge is 2.19. The quantitative estimate of drug-likeness (QED) is 0.714. The zero-order valence-electron chi connectivity index (χ0n) is 10.8. The molecule has 7 heteroatoms. The molecule has 1 amide bonds. The number of nitrogens with two attached hydrogens (primary N) is 1. The Labute approximate surface area is 143 Å². The second kappa shape index (κ2) is 7.35. The highest BCUT2D eigenvalue weighted by atomic mass is 79.9. The summed E-state index contributed by atoms with van der Waals surface area (Å²) in [7, 11) is 0. The maximum atomic E-state index is 12.1. The minimum absolute atomic E-state index is 0.0252. The van der Waals surface area contributed by atoms with E-state index in [1.165, 1.54) is 0 Å².